The van der Waals surface area contributed by atoms with E-state index in [2.05, 4.69) is 12.2 Å². The van der Waals surface area contributed by atoms with E-state index in [1.54, 1.807) is 31.6 Å². The molecule has 0 radical (unpaired) electrons. The Morgan fingerprint density at radius 1 is 1.15 bits per heavy atom. The maximum Gasteiger partial charge on any atom is 0.248 e. The molecule has 0 saturated heterocycles. The summed E-state index contributed by atoms with van der Waals surface area (Å²) in [6.07, 6.45) is 4.07. The molecule has 0 saturated carbocycles. The number of hydrogen-bond acceptors (Lipinski definition) is 3. The predicted molar refractivity (Wildman–Crippen MR) is 131 cm³/mol. The number of allylic oxidation sites excluding steroid dienone is 1. The van der Waals surface area contributed by atoms with Gasteiger partial charge in [-0.25, -0.2) is 4.39 Å². The van der Waals surface area contributed by atoms with Gasteiger partial charge in [0, 0.05) is 33.8 Å². The van der Waals surface area contributed by atoms with Crippen molar-refractivity contribution in [1.29, 1.82) is 0 Å². The smallest absolute Gasteiger partial charge is 0.248 e. The number of amides is 1. The lowest BCUT2D eigenvalue weighted by molar-refractivity contribution is -0.111. The van der Waals surface area contributed by atoms with Gasteiger partial charge in [-0.2, -0.15) is 0 Å². The van der Waals surface area contributed by atoms with E-state index in [4.69, 9.17) is 9.15 Å². The van der Waals surface area contributed by atoms with Crippen molar-refractivity contribution in [3.05, 3.63) is 89.4 Å². The zero-order chi connectivity index (χ0) is 23.5. The number of benzene rings is 3. The first-order valence-electron chi connectivity index (χ1n) is 10.8. The highest BCUT2D eigenvalue weighted by atomic mass is 19.1. The number of aryl methyl sites for hydroxylation is 2. The number of rotatable bonds is 6. The molecule has 0 aliphatic heterocycles. The number of nitrogens with one attached hydrogen (secondary N) is 1. The number of fused-ring (bicyclic) bond motifs is 1. The topological polar surface area (TPSA) is 51.5 Å². The van der Waals surface area contributed by atoms with Gasteiger partial charge < -0.3 is 14.5 Å². The van der Waals surface area contributed by atoms with E-state index < -0.39 is 0 Å². The van der Waals surface area contributed by atoms with Gasteiger partial charge in [-0.1, -0.05) is 37.3 Å². The van der Waals surface area contributed by atoms with E-state index in [0.29, 0.717) is 11.3 Å². The summed E-state index contributed by atoms with van der Waals surface area (Å²) in [6.45, 7) is 5.86. The van der Waals surface area contributed by atoms with Gasteiger partial charge in [0.15, 0.2) is 0 Å². The van der Waals surface area contributed by atoms with Gasteiger partial charge in [0.05, 0.1) is 13.4 Å². The zero-order valence-electron chi connectivity index (χ0n) is 19.2. The Morgan fingerprint density at radius 3 is 2.58 bits per heavy atom. The Balaban J connectivity index is 1.76. The minimum Gasteiger partial charge on any atom is -0.496 e. The number of anilines is 1. The van der Waals surface area contributed by atoms with Crippen LogP contribution in [0.1, 0.15) is 30.5 Å². The number of ether oxygens (including phenoxy) is 1. The Labute approximate surface area is 192 Å². The third-order valence-electron chi connectivity index (χ3n) is 5.83. The third-order valence-corrected chi connectivity index (χ3v) is 5.83. The number of carbonyl (C=O) groups is 1. The van der Waals surface area contributed by atoms with Gasteiger partial charge in [0.1, 0.15) is 17.1 Å². The molecular weight excluding hydrogens is 417 g/mol. The number of hydrogen-bond donors (Lipinski definition) is 1. The highest BCUT2D eigenvalue weighted by molar-refractivity contribution is 6.06. The van der Waals surface area contributed by atoms with E-state index in [-0.39, 0.29) is 11.7 Å². The van der Waals surface area contributed by atoms with E-state index in [1.165, 1.54) is 12.1 Å². The van der Waals surface area contributed by atoms with E-state index in [9.17, 15) is 9.18 Å². The molecule has 0 aliphatic rings. The summed E-state index contributed by atoms with van der Waals surface area (Å²) in [4.78, 5) is 12.8. The normalized spacial score (nSPS) is 11.6. The quantitative estimate of drug-likeness (QED) is 0.322. The second-order valence-electron chi connectivity index (χ2n) is 7.94. The van der Waals surface area contributed by atoms with Gasteiger partial charge in [0.25, 0.3) is 0 Å². The molecule has 4 aromatic rings. The largest absolute Gasteiger partial charge is 0.496 e. The molecule has 168 valence electrons. The van der Waals surface area contributed by atoms with E-state index in [1.807, 2.05) is 44.2 Å². The third kappa shape index (κ3) is 4.40. The van der Waals surface area contributed by atoms with Crippen molar-refractivity contribution >= 4 is 28.1 Å². The number of carbonyl (C=O) groups excluding carboxylic acids is 1. The van der Waals surface area contributed by atoms with Crippen molar-refractivity contribution in [2.75, 3.05) is 12.4 Å². The van der Waals surface area contributed by atoms with Crippen molar-refractivity contribution < 1.29 is 18.3 Å². The first-order chi connectivity index (χ1) is 15.9. The van der Waals surface area contributed by atoms with Crippen LogP contribution in [0, 0.1) is 12.7 Å². The van der Waals surface area contributed by atoms with Crippen molar-refractivity contribution in [2.24, 2.45) is 0 Å². The van der Waals surface area contributed by atoms with Crippen LogP contribution >= 0.6 is 0 Å². The molecular formula is C28H26FNO3. The molecule has 4 nitrogen and oxygen atoms in total. The van der Waals surface area contributed by atoms with Crippen molar-refractivity contribution in [3.63, 3.8) is 0 Å². The minimum absolute atomic E-state index is 0.209. The Hall–Kier alpha value is -3.86. The van der Waals surface area contributed by atoms with Crippen LogP contribution in [-0.2, 0) is 11.2 Å². The molecule has 0 bridgehead atoms. The van der Waals surface area contributed by atoms with E-state index >= 15 is 0 Å². The second kappa shape index (κ2) is 9.33. The summed E-state index contributed by atoms with van der Waals surface area (Å²) in [6, 6.07) is 16.0. The number of para-hydroxylation sites is 1. The molecule has 3 aromatic carbocycles. The maximum absolute atomic E-state index is 13.4. The second-order valence-corrected chi connectivity index (χ2v) is 7.94. The summed E-state index contributed by atoms with van der Waals surface area (Å²) in [5.74, 6) is 0.150. The van der Waals surface area contributed by atoms with Gasteiger partial charge in [-0.05, 0) is 61.2 Å². The highest BCUT2D eigenvalue weighted by Crippen LogP contribution is 2.40. The molecule has 0 atom stereocenters. The first-order valence-corrected chi connectivity index (χ1v) is 10.8. The van der Waals surface area contributed by atoms with Crippen LogP contribution in [0.2, 0.25) is 0 Å². The molecule has 1 N–H and O–H groups in total. The molecule has 0 fully saturated rings. The molecule has 1 amide bonds. The average molecular weight is 444 g/mol. The van der Waals surface area contributed by atoms with Gasteiger partial charge in [0.2, 0.25) is 5.91 Å². The molecule has 1 aromatic heterocycles. The molecule has 4 rings (SSSR count). The SMILES string of the molecule is CCc1ccccc1NC(=O)/C=C(\C)c1cc2c(-c3ccc(F)cc3)coc2c(C)c1OC. The number of methoxy groups -OCH3 is 1. The Bertz CT molecular complexity index is 1350. The fourth-order valence-electron chi connectivity index (χ4n) is 4.12. The van der Waals surface area contributed by atoms with Crippen LogP contribution < -0.4 is 10.1 Å². The standard InChI is InChI=1S/C28H26FNO3/c1-5-19-8-6-7-9-25(19)30-26(31)14-17(2)22-15-23-24(20-10-12-21(29)13-11-20)16-33-28(23)18(3)27(22)32-4/h6-16H,5H2,1-4H3,(H,30,31)/b17-14+. The summed E-state index contributed by atoms with van der Waals surface area (Å²) in [7, 11) is 1.60. The first kappa shape index (κ1) is 22.3. The number of halogens is 1. The van der Waals surface area contributed by atoms with Gasteiger partial charge in [-0.3, -0.25) is 4.79 Å². The fourth-order valence-corrected chi connectivity index (χ4v) is 4.12. The Kier molecular flexibility index (Phi) is 6.31. The minimum atomic E-state index is -0.292. The maximum atomic E-state index is 13.4. The van der Waals surface area contributed by atoms with Crippen LogP contribution in [0.3, 0.4) is 0 Å². The Morgan fingerprint density at radius 2 is 1.88 bits per heavy atom. The zero-order valence-corrected chi connectivity index (χ0v) is 19.2. The monoisotopic (exact) mass is 443 g/mol. The summed E-state index contributed by atoms with van der Waals surface area (Å²) in [5, 5.41) is 3.85. The molecule has 33 heavy (non-hydrogen) atoms. The molecule has 0 spiro atoms. The van der Waals surface area contributed by atoms with Crippen LogP contribution in [0.15, 0.2) is 71.4 Å². The predicted octanol–water partition coefficient (Wildman–Crippen LogP) is 7.16. The lowest BCUT2D eigenvalue weighted by Crippen LogP contribution is -2.10. The highest BCUT2D eigenvalue weighted by Gasteiger charge is 2.19. The van der Waals surface area contributed by atoms with E-state index in [0.717, 1.165) is 50.9 Å². The van der Waals surface area contributed by atoms with Crippen LogP contribution in [-0.4, -0.2) is 13.0 Å². The van der Waals surface area contributed by atoms with Crippen LogP contribution in [0.5, 0.6) is 5.75 Å². The summed E-state index contributed by atoms with van der Waals surface area (Å²) in [5.41, 5.74) is 6.68. The number of furan rings is 1. The fraction of sp³-hybridized carbons (Fsp3) is 0.179. The summed E-state index contributed by atoms with van der Waals surface area (Å²) < 4.78 is 25.0. The molecule has 5 heteroatoms. The molecule has 0 aliphatic carbocycles. The van der Waals surface area contributed by atoms with Crippen LogP contribution in [0.25, 0.3) is 27.7 Å². The van der Waals surface area contributed by atoms with Crippen molar-refractivity contribution in [1.82, 2.24) is 0 Å². The van der Waals surface area contributed by atoms with Gasteiger partial charge in [-0.15, -0.1) is 0 Å². The lowest BCUT2D eigenvalue weighted by atomic mass is 9.96. The van der Waals surface area contributed by atoms with Gasteiger partial charge >= 0.3 is 0 Å². The van der Waals surface area contributed by atoms with Crippen molar-refractivity contribution in [3.8, 4) is 16.9 Å². The average Bonchev–Trinajstić information content (AvgIpc) is 3.24. The molecule has 0 unspecified atom stereocenters. The molecule has 1 heterocycles. The van der Waals surface area contributed by atoms with Crippen molar-refractivity contribution in [2.45, 2.75) is 27.2 Å². The lowest BCUT2D eigenvalue weighted by Gasteiger charge is -2.14. The summed E-state index contributed by atoms with van der Waals surface area (Å²) >= 11 is 0. The van der Waals surface area contributed by atoms with Crippen LogP contribution in [0.4, 0.5) is 10.1 Å².